The van der Waals surface area contributed by atoms with Gasteiger partial charge >= 0.3 is 7.87 Å². The second-order valence-electron chi connectivity index (χ2n) is 13.1. The van der Waals surface area contributed by atoms with Gasteiger partial charge in [0.25, 0.3) is 0 Å². The Balaban J connectivity index is 0.000000168. The third-order valence-electron chi connectivity index (χ3n) is 9.48. The van der Waals surface area contributed by atoms with E-state index >= 15 is 0 Å². The second kappa shape index (κ2) is 17.8. The molecule has 8 rings (SSSR count). The van der Waals surface area contributed by atoms with Crippen molar-refractivity contribution in [2.75, 3.05) is 20.3 Å². The molecule has 0 fully saturated rings. The van der Waals surface area contributed by atoms with E-state index in [1.807, 2.05) is 72.8 Å². The summed E-state index contributed by atoms with van der Waals surface area (Å²) in [5.41, 5.74) is 9.45. The van der Waals surface area contributed by atoms with Gasteiger partial charge in [-0.3, -0.25) is 0 Å². The zero-order valence-corrected chi connectivity index (χ0v) is 31.0. The highest BCUT2D eigenvalue weighted by atomic mass is 31.2. The van der Waals surface area contributed by atoms with Gasteiger partial charge in [-0.1, -0.05) is 194 Å². The predicted octanol–water partition coefficient (Wildman–Crippen LogP) is 10.2. The van der Waals surface area contributed by atoms with Crippen molar-refractivity contribution in [1.82, 2.24) is 0 Å². The molecule has 0 saturated heterocycles. The Kier molecular flexibility index (Phi) is 11.8. The summed E-state index contributed by atoms with van der Waals surface area (Å²) < 4.78 is 0. The Bertz CT molecular complexity index is 1920. The summed E-state index contributed by atoms with van der Waals surface area (Å²) >= 11 is 0. The van der Waals surface area contributed by atoms with Gasteiger partial charge in [-0.25, -0.2) is 20.3 Å². The summed E-state index contributed by atoms with van der Waals surface area (Å²) in [5.74, 6) is 0. The van der Waals surface area contributed by atoms with E-state index in [1.165, 1.54) is 21.9 Å². The molecule has 0 aliphatic heterocycles. The van der Waals surface area contributed by atoms with Gasteiger partial charge in [-0.05, 0) is 48.5 Å². The summed E-state index contributed by atoms with van der Waals surface area (Å²) in [6.07, 6.45) is -1.22. The van der Waals surface area contributed by atoms with E-state index in [0.29, 0.717) is 0 Å². The number of nitrogens with one attached hydrogen (secondary N) is 4. The molecule has 0 radical (unpaired) electrons. The molecule has 0 bridgehead atoms. The van der Waals surface area contributed by atoms with E-state index in [9.17, 15) is 0 Å². The first-order chi connectivity index (χ1) is 26.7. The fourth-order valence-corrected chi connectivity index (χ4v) is 9.60. The minimum Gasteiger partial charge on any atom is -0.202 e. The third-order valence-corrected chi connectivity index (χ3v) is 11.9. The topological polar surface area (TPSA) is 48.1 Å². The fourth-order valence-electron chi connectivity index (χ4n) is 7.11. The zero-order chi connectivity index (χ0) is 36.7. The van der Waals surface area contributed by atoms with Crippen LogP contribution in [-0.2, 0) is 0 Å². The first-order valence-electron chi connectivity index (χ1n) is 18.3. The number of hydrogen-bond acceptors (Lipinski definition) is 4. The molecular formula is C48H44BN4P. The molecule has 0 aromatic heterocycles. The van der Waals surface area contributed by atoms with Gasteiger partial charge in [0.1, 0.15) is 6.15 Å². The maximum Gasteiger partial charge on any atom is 0.395 e. The van der Waals surface area contributed by atoms with E-state index in [-0.39, 0.29) is 0 Å². The van der Waals surface area contributed by atoms with Crippen molar-refractivity contribution in [3.05, 3.63) is 243 Å². The summed E-state index contributed by atoms with van der Waals surface area (Å²) in [4.78, 5) is 0. The summed E-state index contributed by atoms with van der Waals surface area (Å²) in [7, 11) is -2.38. The first kappa shape index (κ1) is 35.8. The monoisotopic (exact) mass is 718 g/mol. The van der Waals surface area contributed by atoms with Crippen molar-refractivity contribution in [1.29, 1.82) is 0 Å². The molecule has 0 saturated carbocycles. The van der Waals surface area contributed by atoms with Gasteiger partial charge in [0.2, 0.25) is 0 Å². The molecule has 0 unspecified atom stereocenters. The Morgan fingerprint density at radius 2 is 0.389 bits per heavy atom. The first-order valence-corrected chi connectivity index (χ1v) is 20.1. The molecule has 8 aromatic rings. The van der Waals surface area contributed by atoms with Crippen LogP contribution in [0.25, 0.3) is 0 Å². The largest absolute Gasteiger partial charge is 0.395 e. The van der Waals surface area contributed by atoms with Crippen LogP contribution in [0.15, 0.2) is 243 Å². The van der Waals surface area contributed by atoms with Gasteiger partial charge in [0, 0.05) is 0 Å². The van der Waals surface area contributed by atoms with Crippen LogP contribution in [0, 0.1) is 0 Å². The van der Waals surface area contributed by atoms with E-state index < -0.39 is 14.0 Å². The molecule has 0 amide bonds. The Morgan fingerprint density at radius 1 is 0.222 bits per heavy atom. The quantitative estimate of drug-likeness (QED) is 0.0751. The lowest BCUT2D eigenvalue weighted by atomic mass is 9.13. The lowest BCUT2D eigenvalue weighted by Gasteiger charge is -2.44. The van der Waals surface area contributed by atoms with Crippen LogP contribution in [0.1, 0.15) is 0 Å². The number of rotatable bonds is 12. The molecule has 0 heterocycles. The molecule has 0 aliphatic rings. The minimum absolute atomic E-state index is 1.02. The van der Waals surface area contributed by atoms with Crippen molar-refractivity contribution in [2.45, 2.75) is 0 Å². The summed E-state index contributed by atoms with van der Waals surface area (Å²) in [6.45, 7) is 0. The van der Waals surface area contributed by atoms with Crippen LogP contribution in [0.5, 0.6) is 0 Å². The van der Waals surface area contributed by atoms with Crippen molar-refractivity contribution in [3.63, 3.8) is 0 Å². The van der Waals surface area contributed by atoms with E-state index in [4.69, 9.17) is 0 Å². The van der Waals surface area contributed by atoms with Gasteiger partial charge in [-0.2, -0.15) is 21.9 Å². The molecule has 54 heavy (non-hydrogen) atoms. The highest BCUT2D eigenvalue weighted by Gasteiger charge is 2.41. The van der Waals surface area contributed by atoms with E-state index in [2.05, 4.69) is 190 Å². The minimum atomic E-state index is -2.38. The van der Waals surface area contributed by atoms with Gasteiger partial charge in [-0.15, -0.1) is 0 Å². The zero-order valence-electron chi connectivity index (χ0n) is 30.1. The lowest BCUT2D eigenvalue weighted by molar-refractivity contribution is 1.54. The van der Waals surface area contributed by atoms with Crippen LogP contribution < -0.4 is 42.2 Å². The summed E-state index contributed by atoms with van der Waals surface area (Å²) in [6, 6.07) is 84.4. The molecule has 264 valence electrons. The smallest absolute Gasteiger partial charge is 0.202 e. The molecule has 4 nitrogen and oxygen atoms in total. The van der Waals surface area contributed by atoms with Gasteiger partial charge in [0.05, 0.1) is 22.7 Å². The maximum atomic E-state index is 3.72. The number of benzene rings is 8. The Labute approximate surface area is 320 Å². The van der Waals surface area contributed by atoms with Crippen LogP contribution in [-0.4, -0.2) is 6.15 Å². The molecule has 0 spiro atoms. The van der Waals surface area contributed by atoms with Crippen molar-refractivity contribution >= 4 is 58.6 Å². The van der Waals surface area contributed by atoms with E-state index in [1.54, 1.807) is 0 Å². The normalized spacial score (nSPS) is 11.0. The van der Waals surface area contributed by atoms with Crippen LogP contribution in [0.4, 0.5) is 22.7 Å². The number of para-hydroxylation sites is 4. The van der Waals surface area contributed by atoms with Crippen LogP contribution >= 0.6 is 7.87 Å². The molecule has 6 heteroatoms. The van der Waals surface area contributed by atoms with Gasteiger partial charge in [0.15, 0.2) is 0 Å². The van der Waals surface area contributed by atoms with Gasteiger partial charge < -0.3 is 0 Å². The van der Waals surface area contributed by atoms with Crippen LogP contribution in [0.2, 0.25) is 0 Å². The standard InChI is InChI=1S/C24H20B.C24H24N4P/c1-5-13-21(14-6-1)25(22-15-7-2-8-16-22,23-17-9-3-10-18-23)24-19-11-4-12-20-24;1-5-13-21(14-6-1)25-29(26-22-15-7-2-8-16-22,27-23-17-9-3-10-18-23)28-24-19-11-4-12-20-24/h1-20H;1-20,25-28H/q-1;+1. The molecular weight excluding hydrogens is 674 g/mol. The van der Waals surface area contributed by atoms with Crippen molar-refractivity contribution in [2.24, 2.45) is 0 Å². The highest BCUT2D eigenvalue weighted by molar-refractivity contribution is 7.81. The number of hydrogen-bond donors (Lipinski definition) is 4. The molecule has 8 aromatic carbocycles. The maximum absolute atomic E-state index is 3.72. The van der Waals surface area contributed by atoms with E-state index in [0.717, 1.165) is 22.7 Å². The third kappa shape index (κ3) is 8.73. The Hall–Kier alpha value is -6.55. The average Bonchev–Trinajstić information content (AvgIpc) is 3.24. The van der Waals surface area contributed by atoms with Crippen molar-refractivity contribution < 1.29 is 0 Å². The highest BCUT2D eigenvalue weighted by Crippen LogP contribution is 2.56. The number of anilines is 4. The van der Waals surface area contributed by atoms with Crippen molar-refractivity contribution in [3.8, 4) is 0 Å². The Morgan fingerprint density at radius 3 is 0.574 bits per heavy atom. The average molecular weight is 719 g/mol. The van der Waals surface area contributed by atoms with Crippen LogP contribution in [0.3, 0.4) is 0 Å². The molecule has 0 atom stereocenters. The predicted molar refractivity (Wildman–Crippen MR) is 237 cm³/mol. The molecule has 0 aliphatic carbocycles. The lowest BCUT2D eigenvalue weighted by Crippen LogP contribution is -2.74. The second-order valence-corrected chi connectivity index (χ2v) is 15.3. The fraction of sp³-hybridized carbons (Fsp3) is 0. The SMILES string of the molecule is c1ccc(N[P+](Nc2ccccc2)(Nc2ccccc2)Nc2ccccc2)cc1.c1ccc([B-](c2ccccc2)(c2ccccc2)c2ccccc2)cc1. The molecule has 4 N–H and O–H groups in total. The summed E-state index contributed by atoms with van der Waals surface area (Å²) in [5, 5.41) is 14.9.